The molecular weight excluding hydrogens is 290 g/mol. The third-order valence-electron chi connectivity index (χ3n) is 3.70. The van der Waals surface area contributed by atoms with Crippen molar-refractivity contribution in [2.45, 2.75) is 32.8 Å². The molecule has 1 fully saturated rings. The lowest BCUT2D eigenvalue weighted by Crippen LogP contribution is -2.32. The van der Waals surface area contributed by atoms with Crippen LogP contribution >= 0.6 is 11.6 Å². The van der Waals surface area contributed by atoms with Gasteiger partial charge in [0.25, 0.3) is 5.91 Å². The number of halogens is 1. The summed E-state index contributed by atoms with van der Waals surface area (Å²) in [5, 5.41) is 6.51. The van der Waals surface area contributed by atoms with Crippen LogP contribution in [-0.2, 0) is 4.74 Å². The van der Waals surface area contributed by atoms with Crippen LogP contribution in [0.2, 0.25) is 5.02 Å². The number of amides is 1. The predicted molar refractivity (Wildman–Crippen MR) is 83.9 cm³/mol. The summed E-state index contributed by atoms with van der Waals surface area (Å²) in [5.41, 5.74) is 0.480. The molecule has 0 radical (unpaired) electrons. The Labute approximate surface area is 130 Å². The van der Waals surface area contributed by atoms with Gasteiger partial charge in [0.1, 0.15) is 5.82 Å². The van der Waals surface area contributed by atoms with Crippen LogP contribution in [0.25, 0.3) is 0 Å². The van der Waals surface area contributed by atoms with Gasteiger partial charge in [0.05, 0.1) is 16.7 Å². The molecule has 1 saturated heterocycles. The molecular formula is C15H22ClN3O2. The quantitative estimate of drug-likeness (QED) is 0.848. The Morgan fingerprint density at radius 2 is 2.38 bits per heavy atom. The van der Waals surface area contributed by atoms with Gasteiger partial charge in [0.15, 0.2) is 0 Å². The Morgan fingerprint density at radius 1 is 1.57 bits per heavy atom. The first kappa shape index (κ1) is 16.0. The number of hydrogen-bond acceptors (Lipinski definition) is 4. The van der Waals surface area contributed by atoms with E-state index in [1.807, 2.05) is 6.92 Å². The highest BCUT2D eigenvalue weighted by Gasteiger charge is 2.24. The maximum absolute atomic E-state index is 12.1. The maximum Gasteiger partial charge on any atom is 0.252 e. The average molecular weight is 312 g/mol. The molecule has 2 N–H and O–H groups in total. The Kier molecular flexibility index (Phi) is 5.82. The molecule has 0 aliphatic carbocycles. The first-order valence-electron chi connectivity index (χ1n) is 7.41. The van der Waals surface area contributed by atoms with Crippen molar-refractivity contribution in [2.24, 2.45) is 5.92 Å². The van der Waals surface area contributed by atoms with Gasteiger partial charge in [0.2, 0.25) is 0 Å². The van der Waals surface area contributed by atoms with E-state index in [1.165, 1.54) is 0 Å². The van der Waals surface area contributed by atoms with Crippen molar-refractivity contribution in [3.63, 3.8) is 0 Å². The van der Waals surface area contributed by atoms with Gasteiger partial charge in [-0.05, 0) is 25.8 Å². The molecule has 0 spiro atoms. The van der Waals surface area contributed by atoms with E-state index in [-0.39, 0.29) is 12.0 Å². The molecule has 1 aromatic heterocycles. The normalized spacial score (nSPS) is 21.3. The number of aromatic nitrogens is 1. The summed E-state index contributed by atoms with van der Waals surface area (Å²) in [6, 6.07) is 1.65. The van der Waals surface area contributed by atoms with Crippen molar-refractivity contribution in [3.05, 3.63) is 22.8 Å². The van der Waals surface area contributed by atoms with Crippen molar-refractivity contribution in [3.8, 4) is 0 Å². The Hall–Kier alpha value is -1.33. The molecule has 1 aliphatic heterocycles. The van der Waals surface area contributed by atoms with E-state index in [1.54, 1.807) is 12.3 Å². The summed E-state index contributed by atoms with van der Waals surface area (Å²) in [4.78, 5) is 16.3. The van der Waals surface area contributed by atoms with Crippen molar-refractivity contribution >= 4 is 23.3 Å². The van der Waals surface area contributed by atoms with E-state index in [2.05, 4.69) is 22.5 Å². The number of anilines is 1. The van der Waals surface area contributed by atoms with E-state index in [0.717, 1.165) is 26.0 Å². The van der Waals surface area contributed by atoms with E-state index in [9.17, 15) is 4.79 Å². The van der Waals surface area contributed by atoms with Crippen molar-refractivity contribution < 1.29 is 9.53 Å². The van der Waals surface area contributed by atoms with Gasteiger partial charge in [-0.3, -0.25) is 4.79 Å². The minimum Gasteiger partial charge on any atom is -0.378 e. The molecule has 21 heavy (non-hydrogen) atoms. The second-order valence-electron chi connectivity index (χ2n) is 5.32. The minimum atomic E-state index is -0.148. The molecule has 2 rings (SSSR count). The number of nitrogens with one attached hydrogen (secondary N) is 2. The van der Waals surface area contributed by atoms with Crippen molar-refractivity contribution in [1.82, 2.24) is 10.3 Å². The predicted octanol–water partition coefficient (Wildman–Crippen LogP) is 2.71. The van der Waals surface area contributed by atoms with Crippen LogP contribution in [0.5, 0.6) is 0 Å². The monoisotopic (exact) mass is 311 g/mol. The highest BCUT2D eigenvalue weighted by molar-refractivity contribution is 6.33. The molecule has 2 heterocycles. The first-order valence-corrected chi connectivity index (χ1v) is 7.78. The Balaban J connectivity index is 1.91. The van der Waals surface area contributed by atoms with Gasteiger partial charge in [-0.25, -0.2) is 4.98 Å². The molecule has 0 saturated carbocycles. The number of carbonyl (C=O) groups excluding carboxylic acids is 1. The zero-order valence-corrected chi connectivity index (χ0v) is 13.2. The lowest BCUT2D eigenvalue weighted by molar-refractivity contribution is 0.0907. The van der Waals surface area contributed by atoms with Crippen LogP contribution in [0.3, 0.4) is 0 Å². The lowest BCUT2D eigenvalue weighted by Gasteiger charge is -2.15. The molecule has 116 valence electrons. The topological polar surface area (TPSA) is 63.2 Å². The van der Waals surface area contributed by atoms with Gasteiger partial charge in [-0.15, -0.1) is 0 Å². The Bertz CT molecular complexity index is 496. The average Bonchev–Trinajstić information content (AvgIpc) is 2.88. The van der Waals surface area contributed by atoms with Crippen LogP contribution in [0, 0.1) is 5.92 Å². The smallest absolute Gasteiger partial charge is 0.252 e. The molecule has 5 nitrogen and oxygen atoms in total. The summed E-state index contributed by atoms with van der Waals surface area (Å²) in [6.45, 7) is 6.30. The van der Waals surface area contributed by atoms with Gasteiger partial charge in [0, 0.05) is 31.8 Å². The number of hydrogen-bond donors (Lipinski definition) is 2. The molecule has 0 bridgehead atoms. The van der Waals surface area contributed by atoms with E-state index in [0.29, 0.717) is 28.9 Å². The van der Waals surface area contributed by atoms with Crippen LogP contribution in [0.1, 0.15) is 37.0 Å². The third kappa shape index (κ3) is 4.32. The minimum absolute atomic E-state index is 0.148. The molecule has 1 aliphatic rings. The molecule has 0 aromatic carbocycles. The Morgan fingerprint density at radius 3 is 3.00 bits per heavy atom. The highest BCUT2D eigenvalue weighted by Crippen LogP contribution is 2.21. The highest BCUT2D eigenvalue weighted by atomic mass is 35.5. The molecule has 1 aromatic rings. The second kappa shape index (κ2) is 7.61. The van der Waals surface area contributed by atoms with Crippen LogP contribution < -0.4 is 10.6 Å². The zero-order valence-electron chi connectivity index (χ0n) is 12.5. The van der Waals surface area contributed by atoms with Crippen molar-refractivity contribution in [2.75, 3.05) is 25.0 Å². The number of pyridine rings is 1. The number of nitrogens with zero attached hydrogens (tertiary/aromatic N) is 1. The van der Waals surface area contributed by atoms with Gasteiger partial charge in [-0.2, -0.15) is 0 Å². The second-order valence-corrected chi connectivity index (χ2v) is 5.72. The zero-order chi connectivity index (χ0) is 15.2. The van der Waals surface area contributed by atoms with Gasteiger partial charge < -0.3 is 15.4 Å². The third-order valence-corrected chi connectivity index (χ3v) is 3.99. The largest absolute Gasteiger partial charge is 0.378 e. The van der Waals surface area contributed by atoms with E-state index >= 15 is 0 Å². The molecule has 2 unspecified atom stereocenters. The van der Waals surface area contributed by atoms with Crippen LogP contribution in [-0.4, -0.2) is 36.7 Å². The van der Waals surface area contributed by atoms with E-state index < -0.39 is 0 Å². The SMILES string of the molecule is CCCNc1ncc(C(=O)NCC2CCOC2C)cc1Cl. The molecule has 1 amide bonds. The number of ether oxygens (including phenoxy) is 1. The molecule has 6 heteroatoms. The fourth-order valence-electron chi connectivity index (χ4n) is 2.31. The summed E-state index contributed by atoms with van der Waals surface area (Å²) in [7, 11) is 0. The number of carbonyl (C=O) groups is 1. The first-order chi connectivity index (χ1) is 10.1. The summed E-state index contributed by atoms with van der Waals surface area (Å²) >= 11 is 6.13. The summed E-state index contributed by atoms with van der Waals surface area (Å²) in [5.74, 6) is 0.848. The van der Waals surface area contributed by atoms with Crippen LogP contribution in [0.4, 0.5) is 5.82 Å². The summed E-state index contributed by atoms with van der Waals surface area (Å²) in [6.07, 6.45) is 3.73. The molecule has 2 atom stereocenters. The fraction of sp³-hybridized carbons (Fsp3) is 0.600. The van der Waals surface area contributed by atoms with Gasteiger partial charge in [-0.1, -0.05) is 18.5 Å². The lowest BCUT2D eigenvalue weighted by atomic mass is 10.0. The summed E-state index contributed by atoms with van der Waals surface area (Å²) < 4.78 is 5.48. The number of rotatable bonds is 6. The van der Waals surface area contributed by atoms with Gasteiger partial charge >= 0.3 is 0 Å². The fourth-order valence-corrected chi connectivity index (χ4v) is 2.54. The van der Waals surface area contributed by atoms with E-state index in [4.69, 9.17) is 16.3 Å². The maximum atomic E-state index is 12.1. The van der Waals surface area contributed by atoms with Crippen molar-refractivity contribution in [1.29, 1.82) is 0 Å². The van der Waals surface area contributed by atoms with Crippen LogP contribution in [0.15, 0.2) is 12.3 Å². The standard InChI is InChI=1S/C15H22ClN3O2/c1-3-5-17-14-13(16)7-12(9-18-14)15(20)19-8-11-4-6-21-10(11)2/h7,9-11H,3-6,8H2,1-2H3,(H,17,18)(H,19,20).